The second kappa shape index (κ2) is 8.56. The lowest BCUT2D eigenvalue weighted by Crippen LogP contribution is -2.21. The lowest BCUT2D eigenvalue weighted by Gasteiger charge is -2.27. The molecule has 2 fully saturated rings. The van der Waals surface area contributed by atoms with E-state index in [4.69, 9.17) is 5.10 Å². The highest BCUT2D eigenvalue weighted by atomic mass is 16.3. The smallest absolute Gasteiger partial charge is 0.274 e. The van der Waals surface area contributed by atoms with Crippen molar-refractivity contribution in [2.45, 2.75) is 83.3 Å². The first-order valence-electron chi connectivity index (χ1n) is 12.4. The van der Waals surface area contributed by atoms with Crippen molar-refractivity contribution in [3.63, 3.8) is 0 Å². The standard InChI is InChI=1S/C27H34N4O2/c1-4-17-8-12-20(13-9-17)31-16-19-14-25(21(27(2,3)33)15-24(19)30-31)29-26(32)23-7-5-6-22(28-23)18-10-11-18/h5-7,14-18,20,33H,4,8-13H2,1-3H3,(H,29,32)/t17-,20-. The summed E-state index contributed by atoms with van der Waals surface area (Å²) >= 11 is 0. The van der Waals surface area contributed by atoms with Crippen LogP contribution in [0.5, 0.6) is 0 Å². The highest BCUT2D eigenvalue weighted by Gasteiger charge is 2.27. The van der Waals surface area contributed by atoms with Gasteiger partial charge < -0.3 is 10.4 Å². The Balaban J connectivity index is 1.44. The molecule has 0 bridgehead atoms. The number of benzene rings is 1. The summed E-state index contributed by atoms with van der Waals surface area (Å²) in [7, 11) is 0. The molecule has 6 heteroatoms. The molecule has 33 heavy (non-hydrogen) atoms. The Hall–Kier alpha value is -2.73. The lowest BCUT2D eigenvalue weighted by atomic mass is 9.85. The second-order valence-electron chi connectivity index (χ2n) is 10.4. The van der Waals surface area contributed by atoms with Crippen LogP contribution in [0, 0.1) is 5.92 Å². The van der Waals surface area contributed by atoms with E-state index in [9.17, 15) is 9.90 Å². The molecule has 0 atom stereocenters. The maximum Gasteiger partial charge on any atom is 0.274 e. The summed E-state index contributed by atoms with van der Waals surface area (Å²) in [4.78, 5) is 17.6. The molecule has 3 aromatic rings. The van der Waals surface area contributed by atoms with Crippen LogP contribution in [-0.2, 0) is 5.60 Å². The molecular weight excluding hydrogens is 412 g/mol. The molecule has 1 amide bonds. The van der Waals surface area contributed by atoms with E-state index in [0.717, 1.165) is 48.2 Å². The number of carbonyl (C=O) groups is 1. The Morgan fingerprint density at radius 1 is 1.15 bits per heavy atom. The van der Waals surface area contributed by atoms with Gasteiger partial charge in [-0.15, -0.1) is 0 Å². The summed E-state index contributed by atoms with van der Waals surface area (Å²) in [6, 6.07) is 9.89. The Kier molecular flexibility index (Phi) is 5.73. The molecule has 0 spiro atoms. The van der Waals surface area contributed by atoms with E-state index in [1.54, 1.807) is 19.9 Å². The number of anilines is 1. The van der Waals surface area contributed by atoms with E-state index in [0.29, 0.717) is 28.9 Å². The number of aliphatic hydroxyl groups is 1. The molecule has 0 aliphatic heterocycles. The van der Waals surface area contributed by atoms with Crippen LogP contribution in [0.3, 0.4) is 0 Å². The van der Waals surface area contributed by atoms with Crippen molar-refractivity contribution >= 4 is 22.5 Å². The van der Waals surface area contributed by atoms with Crippen LogP contribution in [0.2, 0.25) is 0 Å². The van der Waals surface area contributed by atoms with Crippen LogP contribution in [0.1, 0.15) is 99.4 Å². The molecule has 1 aromatic carbocycles. The third-order valence-electron chi connectivity index (χ3n) is 7.34. The number of fused-ring (bicyclic) bond motifs is 1. The van der Waals surface area contributed by atoms with Gasteiger partial charge in [-0.05, 0) is 82.6 Å². The molecule has 0 saturated heterocycles. The summed E-state index contributed by atoms with van der Waals surface area (Å²) in [6.45, 7) is 5.75. The van der Waals surface area contributed by atoms with Crippen molar-refractivity contribution in [3.05, 3.63) is 53.5 Å². The largest absolute Gasteiger partial charge is 0.386 e. The first-order valence-corrected chi connectivity index (χ1v) is 12.4. The number of carbonyl (C=O) groups excluding carboxylic acids is 1. The minimum Gasteiger partial charge on any atom is -0.386 e. The maximum atomic E-state index is 13.1. The Morgan fingerprint density at radius 2 is 1.91 bits per heavy atom. The predicted molar refractivity (Wildman–Crippen MR) is 130 cm³/mol. The van der Waals surface area contributed by atoms with Gasteiger partial charge in [-0.25, -0.2) is 4.98 Å². The summed E-state index contributed by atoms with van der Waals surface area (Å²) < 4.78 is 2.09. The second-order valence-corrected chi connectivity index (χ2v) is 10.4. The van der Waals surface area contributed by atoms with Gasteiger partial charge in [-0.3, -0.25) is 9.48 Å². The fraction of sp³-hybridized carbons (Fsp3) is 0.519. The van der Waals surface area contributed by atoms with Crippen molar-refractivity contribution < 1.29 is 9.90 Å². The van der Waals surface area contributed by atoms with Crippen molar-refractivity contribution in [2.24, 2.45) is 5.92 Å². The molecule has 2 aliphatic rings. The quantitative estimate of drug-likeness (QED) is 0.492. The monoisotopic (exact) mass is 446 g/mol. The van der Waals surface area contributed by atoms with Gasteiger partial charge >= 0.3 is 0 Å². The van der Waals surface area contributed by atoms with Crippen molar-refractivity contribution in [2.75, 3.05) is 5.32 Å². The first-order chi connectivity index (χ1) is 15.8. The zero-order chi connectivity index (χ0) is 23.2. The van der Waals surface area contributed by atoms with Gasteiger partial charge in [0.2, 0.25) is 0 Å². The van der Waals surface area contributed by atoms with Gasteiger partial charge in [-0.2, -0.15) is 5.10 Å². The fourth-order valence-electron chi connectivity index (χ4n) is 5.08. The molecule has 5 rings (SSSR count). The molecule has 2 aromatic heterocycles. The topological polar surface area (TPSA) is 80.0 Å². The Bertz CT molecular complexity index is 1160. The highest BCUT2D eigenvalue weighted by Crippen LogP contribution is 2.39. The number of aromatic nitrogens is 3. The van der Waals surface area contributed by atoms with Gasteiger partial charge in [0, 0.05) is 34.4 Å². The number of pyridine rings is 1. The van der Waals surface area contributed by atoms with Crippen molar-refractivity contribution in [1.82, 2.24) is 14.8 Å². The molecule has 2 aliphatic carbocycles. The van der Waals surface area contributed by atoms with Gasteiger partial charge in [0.15, 0.2) is 0 Å². The maximum absolute atomic E-state index is 13.1. The molecule has 2 saturated carbocycles. The predicted octanol–water partition coefficient (Wildman–Crippen LogP) is 5.93. The Labute approximate surface area is 195 Å². The third kappa shape index (κ3) is 4.67. The zero-order valence-corrected chi connectivity index (χ0v) is 19.8. The third-order valence-corrected chi connectivity index (χ3v) is 7.34. The molecule has 6 nitrogen and oxygen atoms in total. The minimum atomic E-state index is -1.12. The average Bonchev–Trinajstić information content (AvgIpc) is 3.57. The highest BCUT2D eigenvalue weighted by molar-refractivity contribution is 6.04. The van der Waals surface area contributed by atoms with Crippen LogP contribution >= 0.6 is 0 Å². The van der Waals surface area contributed by atoms with Gasteiger partial charge in [0.25, 0.3) is 5.91 Å². The molecular formula is C27H34N4O2. The number of nitrogens with one attached hydrogen (secondary N) is 1. The molecule has 0 unspecified atom stereocenters. The summed E-state index contributed by atoms with van der Waals surface area (Å²) in [5.41, 5.74) is 2.37. The SMILES string of the molecule is CC[C@H]1CC[C@H](n2cc3cc(NC(=O)c4cccc(C5CC5)n4)c(C(C)(C)O)cc3n2)CC1. The number of nitrogens with zero attached hydrogens (tertiary/aromatic N) is 3. The summed E-state index contributed by atoms with van der Waals surface area (Å²) in [6.07, 6.45) is 10.4. The Morgan fingerprint density at radius 3 is 2.58 bits per heavy atom. The first kappa shape index (κ1) is 22.1. The van der Waals surface area contributed by atoms with Crippen LogP contribution in [0.4, 0.5) is 5.69 Å². The lowest BCUT2D eigenvalue weighted by molar-refractivity contribution is 0.0793. The number of hydrogen-bond donors (Lipinski definition) is 2. The van der Waals surface area contributed by atoms with E-state index < -0.39 is 5.60 Å². The van der Waals surface area contributed by atoms with E-state index in [-0.39, 0.29) is 5.91 Å². The zero-order valence-electron chi connectivity index (χ0n) is 19.8. The minimum absolute atomic E-state index is 0.257. The van der Waals surface area contributed by atoms with Crippen molar-refractivity contribution in [3.8, 4) is 0 Å². The number of hydrogen-bond acceptors (Lipinski definition) is 4. The van der Waals surface area contributed by atoms with Crippen LogP contribution < -0.4 is 5.32 Å². The van der Waals surface area contributed by atoms with Gasteiger partial charge in [0.1, 0.15) is 5.69 Å². The van der Waals surface area contributed by atoms with Gasteiger partial charge in [-0.1, -0.05) is 19.4 Å². The average molecular weight is 447 g/mol. The fourth-order valence-corrected chi connectivity index (χ4v) is 5.08. The van der Waals surface area contributed by atoms with E-state index in [2.05, 4.69) is 28.1 Å². The van der Waals surface area contributed by atoms with Crippen LogP contribution in [-0.4, -0.2) is 25.8 Å². The van der Waals surface area contributed by atoms with Crippen LogP contribution in [0.25, 0.3) is 10.9 Å². The molecule has 0 radical (unpaired) electrons. The summed E-state index contributed by atoms with van der Waals surface area (Å²) in [5.74, 6) is 1.06. The molecule has 2 N–H and O–H groups in total. The van der Waals surface area contributed by atoms with Crippen LogP contribution in [0.15, 0.2) is 36.5 Å². The molecule has 2 heterocycles. The number of amides is 1. The normalized spacial score (nSPS) is 21.3. The van der Waals surface area contributed by atoms with E-state index in [1.807, 2.05) is 24.3 Å². The van der Waals surface area contributed by atoms with E-state index >= 15 is 0 Å². The summed E-state index contributed by atoms with van der Waals surface area (Å²) in [5, 5.41) is 19.7. The van der Waals surface area contributed by atoms with Crippen molar-refractivity contribution in [1.29, 1.82) is 0 Å². The molecule has 174 valence electrons. The number of rotatable bonds is 6. The van der Waals surface area contributed by atoms with E-state index in [1.165, 1.54) is 19.3 Å². The van der Waals surface area contributed by atoms with Gasteiger partial charge in [0.05, 0.1) is 17.2 Å².